The van der Waals surface area contributed by atoms with Crippen molar-refractivity contribution in [1.29, 1.82) is 0 Å². The maximum atomic E-state index is 13.2. The summed E-state index contributed by atoms with van der Waals surface area (Å²) < 4.78 is 13.7. The van der Waals surface area contributed by atoms with Gasteiger partial charge in [-0.3, -0.25) is 19.7 Å². The Morgan fingerprint density at radius 1 is 1.38 bits per heavy atom. The molecule has 0 aliphatic rings. The number of aromatic nitrogens is 2. The number of rotatable bonds is 6. The Labute approximate surface area is 142 Å². The maximum Gasteiger partial charge on any atom is 0.306 e. The van der Waals surface area contributed by atoms with Gasteiger partial charge in [0.1, 0.15) is 0 Å². The third kappa shape index (κ3) is 4.96. The molecule has 2 rings (SSSR count). The lowest BCUT2D eigenvalue weighted by Gasteiger charge is -2.04. The number of halogens is 1. The standard InChI is InChI=1S/C12H10FN5O4S2/c1-6(19)14-11-16-17-12(24-11)23-5-10(20)15-7-2-3-8(13)9(4-7)18(21)22/h2-4H,5H2,1H3,(H,15,20)(H,14,16,19). The van der Waals surface area contributed by atoms with E-state index in [0.717, 1.165) is 35.2 Å². The van der Waals surface area contributed by atoms with Gasteiger partial charge in [-0.2, -0.15) is 4.39 Å². The molecular weight excluding hydrogens is 361 g/mol. The predicted octanol–water partition coefficient (Wildman–Crippen LogP) is 2.27. The van der Waals surface area contributed by atoms with Crippen LogP contribution < -0.4 is 10.6 Å². The molecule has 0 saturated heterocycles. The summed E-state index contributed by atoms with van der Waals surface area (Å²) in [6.07, 6.45) is 0. The van der Waals surface area contributed by atoms with E-state index in [1.54, 1.807) is 0 Å². The van der Waals surface area contributed by atoms with Crippen LogP contribution in [0.4, 0.5) is 20.9 Å². The fourth-order valence-corrected chi connectivity index (χ4v) is 3.12. The van der Waals surface area contributed by atoms with Gasteiger partial charge in [0.25, 0.3) is 0 Å². The van der Waals surface area contributed by atoms with Crippen LogP contribution in [0.1, 0.15) is 6.92 Å². The van der Waals surface area contributed by atoms with Crippen molar-refractivity contribution < 1.29 is 18.9 Å². The average molecular weight is 371 g/mol. The number of anilines is 2. The van der Waals surface area contributed by atoms with Crippen LogP contribution in [0.25, 0.3) is 0 Å². The molecule has 0 aliphatic heterocycles. The summed E-state index contributed by atoms with van der Waals surface area (Å²) in [6.45, 7) is 1.34. The van der Waals surface area contributed by atoms with Crippen molar-refractivity contribution >= 4 is 51.4 Å². The second kappa shape index (κ2) is 7.79. The van der Waals surface area contributed by atoms with Crippen molar-refractivity contribution in [3.63, 3.8) is 0 Å². The first-order valence-corrected chi connectivity index (χ1v) is 8.13. The molecule has 1 heterocycles. The summed E-state index contributed by atoms with van der Waals surface area (Å²) in [5.74, 6) is -1.73. The van der Waals surface area contributed by atoms with E-state index in [1.165, 1.54) is 13.0 Å². The molecule has 2 N–H and O–H groups in total. The van der Waals surface area contributed by atoms with E-state index in [4.69, 9.17) is 0 Å². The van der Waals surface area contributed by atoms with E-state index in [0.29, 0.717) is 9.47 Å². The second-order valence-corrected chi connectivity index (χ2v) is 6.51. The van der Waals surface area contributed by atoms with Crippen LogP contribution in [-0.4, -0.2) is 32.7 Å². The van der Waals surface area contributed by atoms with Gasteiger partial charge in [-0.05, 0) is 12.1 Å². The molecule has 0 saturated carbocycles. The number of nitrogens with zero attached hydrogens (tertiary/aromatic N) is 3. The fourth-order valence-electron chi connectivity index (χ4n) is 1.52. The molecule has 9 nitrogen and oxygen atoms in total. The number of benzene rings is 1. The molecule has 0 unspecified atom stereocenters. The summed E-state index contributed by atoms with van der Waals surface area (Å²) in [7, 11) is 0. The monoisotopic (exact) mass is 371 g/mol. The van der Waals surface area contributed by atoms with Crippen LogP contribution in [-0.2, 0) is 9.59 Å². The smallest absolute Gasteiger partial charge is 0.306 e. The van der Waals surface area contributed by atoms with Crippen molar-refractivity contribution in [1.82, 2.24) is 10.2 Å². The molecule has 0 bridgehead atoms. The summed E-state index contributed by atoms with van der Waals surface area (Å²) in [5, 5.41) is 23.4. The SMILES string of the molecule is CC(=O)Nc1nnc(SCC(=O)Nc2ccc(F)c([N+](=O)[O-])c2)s1. The molecule has 24 heavy (non-hydrogen) atoms. The van der Waals surface area contributed by atoms with Gasteiger partial charge in [0.05, 0.1) is 10.7 Å². The summed E-state index contributed by atoms with van der Waals surface area (Å²) >= 11 is 2.19. The van der Waals surface area contributed by atoms with Gasteiger partial charge in [0.15, 0.2) is 4.34 Å². The van der Waals surface area contributed by atoms with Crippen molar-refractivity contribution in [2.45, 2.75) is 11.3 Å². The number of hydrogen-bond acceptors (Lipinski definition) is 8. The van der Waals surface area contributed by atoms with Crippen LogP contribution in [0.3, 0.4) is 0 Å². The first-order chi connectivity index (χ1) is 11.3. The number of hydrogen-bond donors (Lipinski definition) is 2. The Kier molecular flexibility index (Phi) is 5.76. The zero-order valence-corrected chi connectivity index (χ0v) is 13.7. The lowest BCUT2D eigenvalue weighted by Crippen LogP contribution is -2.14. The molecule has 0 aliphatic carbocycles. The number of nitro groups is 1. The maximum absolute atomic E-state index is 13.2. The molecule has 126 valence electrons. The van der Waals surface area contributed by atoms with Crippen molar-refractivity contribution in [3.8, 4) is 0 Å². The second-order valence-electron chi connectivity index (χ2n) is 4.31. The molecule has 0 radical (unpaired) electrons. The summed E-state index contributed by atoms with van der Waals surface area (Å²) in [5.41, 5.74) is -0.602. The Morgan fingerprint density at radius 3 is 2.79 bits per heavy atom. The minimum atomic E-state index is -0.980. The fraction of sp³-hybridized carbons (Fsp3) is 0.167. The molecular formula is C12H10FN5O4S2. The lowest BCUT2D eigenvalue weighted by atomic mass is 10.2. The Hall–Kier alpha value is -2.60. The molecule has 0 atom stereocenters. The quantitative estimate of drug-likeness (QED) is 0.345. The van der Waals surface area contributed by atoms with Crippen molar-refractivity contribution in [2.75, 3.05) is 16.4 Å². The zero-order valence-electron chi connectivity index (χ0n) is 12.1. The van der Waals surface area contributed by atoms with Crippen LogP contribution in [0.15, 0.2) is 22.5 Å². The van der Waals surface area contributed by atoms with Gasteiger partial charge in [-0.1, -0.05) is 23.1 Å². The molecule has 0 spiro atoms. The van der Waals surface area contributed by atoms with Crippen LogP contribution >= 0.6 is 23.1 Å². The van der Waals surface area contributed by atoms with Gasteiger partial charge >= 0.3 is 5.69 Å². The third-order valence-corrected chi connectivity index (χ3v) is 4.41. The number of thioether (sulfide) groups is 1. The molecule has 0 fully saturated rings. The number of nitro benzene ring substituents is 1. The topological polar surface area (TPSA) is 127 Å². The Morgan fingerprint density at radius 2 is 2.12 bits per heavy atom. The van der Waals surface area contributed by atoms with Crippen molar-refractivity contribution in [3.05, 3.63) is 34.1 Å². The molecule has 1 aromatic heterocycles. The highest BCUT2D eigenvalue weighted by Crippen LogP contribution is 2.26. The number of amides is 2. The highest BCUT2D eigenvalue weighted by atomic mass is 32.2. The van der Waals surface area contributed by atoms with E-state index < -0.39 is 22.3 Å². The number of carbonyl (C=O) groups excluding carboxylic acids is 2. The van der Waals surface area contributed by atoms with Gasteiger partial charge < -0.3 is 10.6 Å². The average Bonchev–Trinajstić information content (AvgIpc) is 2.93. The van der Waals surface area contributed by atoms with Gasteiger partial charge in [0.2, 0.25) is 22.8 Å². The van der Waals surface area contributed by atoms with Crippen LogP contribution in [0.2, 0.25) is 0 Å². The predicted molar refractivity (Wildman–Crippen MR) is 86.6 cm³/mol. The van der Waals surface area contributed by atoms with Crippen LogP contribution in [0, 0.1) is 15.9 Å². The van der Waals surface area contributed by atoms with E-state index in [9.17, 15) is 24.1 Å². The summed E-state index contributed by atoms with van der Waals surface area (Å²) in [4.78, 5) is 32.5. The van der Waals surface area contributed by atoms with Crippen LogP contribution in [0.5, 0.6) is 0 Å². The van der Waals surface area contributed by atoms with Gasteiger partial charge in [0, 0.05) is 18.7 Å². The third-order valence-electron chi connectivity index (χ3n) is 2.44. The van der Waals surface area contributed by atoms with Gasteiger partial charge in [-0.15, -0.1) is 10.2 Å². The first kappa shape index (κ1) is 17.7. The van der Waals surface area contributed by atoms with E-state index in [1.807, 2.05) is 0 Å². The van der Waals surface area contributed by atoms with E-state index >= 15 is 0 Å². The Balaban J connectivity index is 1.91. The molecule has 2 amide bonds. The number of nitrogens with one attached hydrogen (secondary N) is 2. The van der Waals surface area contributed by atoms with Gasteiger partial charge in [-0.25, -0.2) is 0 Å². The molecule has 1 aromatic carbocycles. The highest BCUT2D eigenvalue weighted by molar-refractivity contribution is 8.01. The van der Waals surface area contributed by atoms with E-state index in [2.05, 4.69) is 20.8 Å². The molecule has 12 heteroatoms. The summed E-state index contributed by atoms with van der Waals surface area (Å²) in [6, 6.07) is 3.08. The lowest BCUT2D eigenvalue weighted by molar-refractivity contribution is -0.387. The first-order valence-electron chi connectivity index (χ1n) is 6.33. The normalized spacial score (nSPS) is 10.2. The van der Waals surface area contributed by atoms with E-state index in [-0.39, 0.29) is 17.3 Å². The number of carbonyl (C=O) groups is 2. The largest absolute Gasteiger partial charge is 0.325 e. The van der Waals surface area contributed by atoms with Crippen molar-refractivity contribution in [2.24, 2.45) is 0 Å². The zero-order chi connectivity index (χ0) is 17.7. The minimum Gasteiger partial charge on any atom is -0.325 e. The Bertz CT molecular complexity index is 798. The highest BCUT2D eigenvalue weighted by Gasteiger charge is 2.15. The molecule has 2 aromatic rings. The minimum absolute atomic E-state index is 0.0279.